The Bertz CT molecular complexity index is 468. The number of hydrogen-bond acceptors (Lipinski definition) is 4. The lowest BCUT2D eigenvalue weighted by atomic mass is 9.97. The van der Waals surface area contributed by atoms with Crippen molar-refractivity contribution in [2.24, 2.45) is 0 Å². The summed E-state index contributed by atoms with van der Waals surface area (Å²) in [5.74, 6) is 0.261. The summed E-state index contributed by atoms with van der Waals surface area (Å²) in [7, 11) is 0. The van der Waals surface area contributed by atoms with E-state index in [0.717, 1.165) is 32.5 Å². The minimum absolute atomic E-state index is 0.178. The van der Waals surface area contributed by atoms with Crippen LogP contribution in [0.2, 0.25) is 0 Å². The van der Waals surface area contributed by atoms with Crippen molar-refractivity contribution < 1.29 is 9.53 Å². The summed E-state index contributed by atoms with van der Waals surface area (Å²) in [5, 5.41) is 5.52. The van der Waals surface area contributed by atoms with Gasteiger partial charge in [0.25, 0.3) is 0 Å². The highest BCUT2D eigenvalue weighted by atomic mass is 32.1. The smallest absolute Gasteiger partial charge is 0.224 e. The number of carbonyl (C=O) groups excluding carboxylic acids is 1. The average molecular weight is 294 g/mol. The number of fused-ring (bicyclic) bond motifs is 1. The van der Waals surface area contributed by atoms with E-state index >= 15 is 0 Å². The van der Waals surface area contributed by atoms with Crippen LogP contribution < -0.4 is 5.32 Å². The first-order valence-electron chi connectivity index (χ1n) is 7.46. The molecule has 1 aromatic rings. The van der Waals surface area contributed by atoms with Gasteiger partial charge in [-0.1, -0.05) is 6.92 Å². The number of ether oxygens (including phenoxy) is 1. The summed E-state index contributed by atoms with van der Waals surface area (Å²) < 4.78 is 5.44. The minimum atomic E-state index is 0.178. The molecule has 1 aromatic heterocycles. The number of rotatable bonds is 3. The average Bonchev–Trinajstić information content (AvgIpc) is 2.95. The lowest BCUT2D eigenvalue weighted by Gasteiger charge is -2.36. The molecule has 0 aliphatic carbocycles. The van der Waals surface area contributed by atoms with Crippen molar-refractivity contribution in [3.05, 3.63) is 21.9 Å². The molecule has 0 spiro atoms. The Labute approximate surface area is 124 Å². The molecular weight excluding hydrogens is 272 g/mol. The Balaban J connectivity index is 1.68. The van der Waals surface area contributed by atoms with Crippen LogP contribution in [0.5, 0.6) is 0 Å². The van der Waals surface area contributed by atoms with Gasteiger partial charge >= 0.3 is 0 Å². The lowest BCUT2D eigenvalue weighted by Crippen LogP contribution is -2.47. The second kappa shape index (κ2) is 6.24. The number of carbonyl (C=O) groups is 1. The topological polar surface area (TPSA) is 41.6 Å². The number of nitrogens with one attached hydrogen (secondary N) is 1. The summed E-state index contributed by atoms with van der Waals surface area (Å²) >= 11 is 1.82. The molecule has 1 fully saturated rings. The number of hydrogen-bond donors (Lipinski definition) is 1. The molecule has 0 radical (unpaired) electrons. The van der Waals surface area contributed by atoms with Crippen LogP contribution in [-0.4, -0.2) is 43.2 Å². The van der Waals surface area contributed by atoms with E-state index in [0.29, 0.717) is 13.0 Å². The predicted octanol–water partition coefficient (Wildman–Crippen LogP) is 1.96. The van der Waals surface area contributed by atoms with Gasteiger partial charge in [-0.25, -0.2) is 0 Å². The number of morpholine rings is 1. The number of thiophene rings is 1. The molecular formula is C15H22N2O2S. The van der Waals surface area contributed by atoms with Gasteiger partial charge in [-0.05, 0) is 29.9 Å². The van der Waals surface area contributed by atoms with Crippen LogP contribution in [-0.2, 0) is 16.0 Å². The highest BCUT2D eigenvalue weighted by molar-refractivity contribution is 7.10. The van der Waals surface area contributed by atoms with Crippen molar-refractivity contribution in [3.8, 4) is 0 Å². The van der Waals surface area contributed by atoms with Gasteiger partial charge in [0.1, 0.15) is 0 Å². The molecule has 0 bridgehead atoms. The Hall–Kier alpha value is -0.910. The molecule has 0 aromatic carbocycles. The molecule has 0 saturated carbocycles. The van der Waals surface area contributed by atoms with Gasteiger partial charge in [0.05, 0.1) is 19.3 Å². The first-order chi connectivity index (χ1) is 9.79. The maximum Gasteiger partial charge on any atom is 0.224 e. The second-order valence-corrected chi connectivity index (χ2v) is 6.49. The normalized spacial score (nSPS) is 26.4. The highest BCUT2D eigenvalue weighted by Crippen LogP contribution is 2.35. The summed E-state index contributed by atoms with van der Waals surface area (Å²) in [6.07, 6.45) is 2.55. The first-order valence-corrected chi connectivity index (χ1v) is 8.34. The SMILES string of the molecule is CCC1c2ccsc2CCN1C(=O)CC1COCCN1. The van der Waals surface area contributed by atoms with E-state index in [1.165, 1.54) is 10.4 Å². The largest absolute Gasteiger partial charge is 0.378 e. The van der Waals surface area contributed by atoms with Crippen LogP contribution in [0.15, 0.2) is 11.4 Å². The zero-order valence-electron chi connectivity index (χ0n) is 11.9. The van der Waals surface area contributed by atoms with Gasteiger partial charge < -0.3 is 15.0 Å². The molecule has 1 amide bonds. The van der Waals surface area contributed by atoms with Crippen LogP contribution in [0, 0.1) is 0 Å². The molecule has 3 heterocycles. The van der Waals surface area contributed by atoms with E-state index in [1.54, 1.807) is 0 Å². The van der Waals surface area contributed by atoms with Gasteiger partial charge in [0.15, 0.2) is 0 Å². The maximum absolute atomic E-state index is 12.6. The standard InChI is InChI=1S/C15H22N2O2S/c1-2-13-12-4-8-20-14(12)3-6-17(13)15(18)9-11-10-19-7-5-16-11/h4,8,11,13,16H,2-3,5-7,9-10H2,1H3. The maximum atomic E-state index is 12.6. The third-order valence-electron chi connectivity index (χ3n) is 4.22. The first kappa shape index (κ1) is 14.0. The van der Waals surface area contributed by atoms with Crippen molar-refractivity contribution >= 4 is 17.2 Å². The van der Waals surface area contributed by atoms with Crippen molar-refractivity contribution in [2.45, 2.75) is 38.3 Å². The molecule has 20 heavy (non-hydrogen) atoms. The van der Waals surface area contributed by atoms with E-state index in [1.807, 2.05) is 11.3 Å². The molecule has 3 rings (SSSR count). The molecule has 4 nitrogen and oxygen atoms in total. The summed E-state index contributed by atoms with van der Waals surface area (Å²) in [6.45, 7) is 5.28. The predicted molar refractivity (Wildman–Crippen MR) is 80.0 cm³/mol. The zero-order chi connectivity index (χ0) is 13.9. The monoisotopic (exact) mass is 294 g/mol. The quantitative estimate of drug-likeness (QED) is 0.926. The van der Waals surface area contributed by atoms with Gasteiger partial charge in [0, 0.05) is 30.4 Å². The Morgan fingerprint density at radius 2 is 2.50 bits per heavy atom. The van der Waals surface area contributed by atoms with Crippen molar-refractivity contribution in [2.75, 3.05) is 26.3 Å². The fraction of sp³-hybridized carbons (Fsp3) is 0.667. The Morgan fingerprint density at radius 3 is 3.25 bits per heavy atom. The second-order valence-electron chi connectivity index (χ2n) is 5.49. The molecule has 5 heteroatoms. The van der Waals surface area contributed by atoms with Gasteiger partial charge in [-0.2, -0.15) is 0 Å². The fourth-order valence-electron chi connectivity index (χ4n) is 3.21. The van der Waals surface area contributed by atoms with Gasteiger partial charge in [-0.3, -0.25) is 4.79 Å². The molecule has 2 unspecified atom stereocenters. The molecule has 1 saturated heterocycles. The van der Waals surface area contributed by atoms with Crippen LogP contribution in [0.1, 0.15) is 36.2 Å². The Morgan fingerprint density at radius 1 is 1.60 bits per heavy atom. The summed E-state index contributed by atoms with van der Waals surface area (Å²) in [5.41, 5.74) is 1.37. The summed E-state index contributed by atoms with van der Waals surface area (Å²) in [4.78, 5) is 16.1. The number of nitrogens with zero attached hydrogens (tertiary/aromatic N) is 1. The lowest BCUT2D eigenvalue weighted by molar-refractivity contribution is -0.135. The van der Waals surface area contributed by atoms with E-state index in [9.17, 15) is 4.79 Å². The van der Waals surface area contributed by atoms with Crippen molar-refractivity contribution in [3.63, 3.8) is 0 Å². The number of amides is 1. The van der Waals surface area contributed by atoms with E-state index in [4.69, 9.17) is 4.74 Å². The highest BCUT2D eigenvalue weighted by Gasteiger charge is 2.31. The van der Waals surface area contributed by atoms with Crippen molar-refractivity contribution in [1.29, 1.82) is 0 Å². The van der Waals surface area contributed by atoms with E-state index < -0.39 is 0 Å². The molecule has 2 aliphatic rings. The third-order valence-corrected chi connectivity index (χ3v) is 5.22. The van der Waals surface area contributed by atoms with Crippen molar-refractivity contribution in [1.82, 2.24) is 10.2 Å². The van der Waals surface area contributed by atoms with E-state index in [-0.39, 0.29) is 18.0 Å². The third kappa shape index (κ3) is 2.75. The van der Waals surface area contributed by atoms with Crippen LogP contribution in [0.4, 0.5) is 0 Å². The van der Waals surface area contributed by atoms with Gasteiger partial charge in [0.2, 0.25) is 5.91 Å². The fourth-order valence-corrected chi connectivity index (χ4v) is 4.14. The van der Waals surface area contributed by atoms with Crippen LogP contribution >= 0.6 is 11.3 Å². The Kier molecular flexibility index (Phi) is 4.38. The molecule has 110 valence electrons. The molecule has 2 aliphatic heterocycles. The summed E-state index contributed by atoms with van der Waals surface area (Å²) in [6, 6.07) is 2.63. The zero-order valence-corrected chi connectivity index (χ0v) is 12.7. The minimum Gasteiger partial charge on any atom is -0.378 e. The molecule has 2 atom stereocenters. The molecule has 1 N–H and O–H groups in total. The van der Waals surface area contributed by atoms with Crippen LogP contribution in [0.3, 0.4) is 0 Å². The van der Waals surface area contributed by atoms with Gasteiger partial charge in [-0.15, -0.1) is 11.3 Å². The van der Waals surface area contributed by atoms with E-state index in [2.05, 4.69) is 28.6 Å². The van der Waals surface area contributed by atoms with Crippen LogP contribution in [0.25, 0.3) is 0 Å².